The average molecular weight is 337 g/mol. The van der Waals surface area contributed by atoms with Crippen molar-refractivity contribution in [3.63, 3.8) is 0 Å². The third-order valence-corrected chi connectivity index (χ3v) is 5.15. The molecule has 1 fully saturated rings. The lowest BCUT2D eigenvalue weighted by Gasteiger charge is -2.36. The zero-order valence-corrected chi connectivity index (χ0v) is 15.4. The summed E-state index contributed by atoms with van der Waals surface area (Å²) in [6.07, 6.45) is 5.73. The van der Waals surface area contributed by atoms with Gasteiger partial charge in [0.05, 0.1) is 6.54 Å². The van der Waals surface area contributed by atoms with E-state index < -0.39 is 0 Å². The number of piperazine rings is 1. The second-order valence-corrected chi connectivity index (χ2v) is 7.67. The van der Waals surface area contributed by atoms with Crippen molar-refractivity contribution in [1.29, 1.82) is 0 Å². The highest BCUT2D eigenvalue weighted by Crippen LogP contribution is 2.21. The maximum atomic E-state index is 4.84. The lowest BCUT2D eigenvalue weighted by molar-refractivity contribution is 0.369. The summed E-state index contributed by atoms with van der Waals surface area (Å²) in [6.45, 7) is 12.0. The lowest BCUT2D eigenvalue weighted by atomic mass is 10.2. The third-order valence-electron chi connectivity index (χ3n) is 3.91. The van der Waals surface area contributed by atoms with Crippen LogP contribution < -0.4 is 10.2 Å². The molecule has 0 amide bonds. The minimum atomic E-state index is 0.167. The van der Waals surface area contributed by atoms with Crippen LogP contribution >= 0.6 is 11.8 Å². The quantitative estimate of drug-likeness (QED) is 0.652. The second kappa shape index (κ2) is 8.38. The molecule has 1 aromatic rings. The Hall–Kier alpha value is -1.50. The van der Waals surface area contributed by atoms with Crippen LogP contribution in [0.25, 0.3) is 0 Å². The molecule has 7 heteroatoms. The molecule has 2 heterocycles. The maximum Gasteiger partial charge on any atom is 0.225 e. The number of nitrogens with one attached hydrogen (secondary N) is 1. The molecule has 0 bridgehead atoms. The van der Waals surface area contributed by atoms with Crippen molar-refractivity contribution in [3.05, 3.63) is 18.5 Å². The largest absolute Gasteiger partial charge is 0.357 e. The van der Waals surface area contributed by atoms with Crippen LogP contribution in [0.15, 0.2) is 23.5 Å². The molecule has 1 saturated heterocycles. The average Bonchev–Trinajstić information content (AvgIpc) is 2.59. The molecule has 6 nitrogen and oxygen atoms in total. The van der Waals surface area contributed by atoms with Crippen molar-refractivity contribution in [2.75, 3.05) is 50.4 Å². The SMILES string of the molecule is CCNC(=NCC(C)(C)SC)N1CCN(c2ncccn2)CC1. The van der Waals surface area contributed by atoms with E-state index >= 15 is 0 Å². The fourth-order valence-corrected chi connectivity index (χ4v) is 2.52. The molecule has 0 saturated carbocycles. The van der Waals surface area contributed by atoms with Gasteiger partial charge in [-0.2, -0.15) is 11.8 Å². The van der Waals surface area contributed by atoms with Crippen LogP contribution in [-0.4, -0.2) is 71.1 Å². The molecule has 0 spiro atoms. The van der Waals surface area contributed by atoms with E-state index in [1.807, 2.05) is 17.8 Å². The Morgan fingerprint density at radius 2 is 1.91 bits per heavy atom. The molecule has 1 aromatic heterocycles. The van der Waals surface area contributed by atoms with Crippen LogP contribution in [0.3, 0.4) is 0 Å². The second-order valence-electron chi connectivity index (χ2n) is 6.16. The molecule has 0 radical (unpaired) electrons. The van der Waals surface area contributed by atoms with Gasteiger partial charge in [-0.15, -0.1) is 0 Å². The van der Waals surface area contributed by atoms with E-state index in [0.29, 0.717) is 0 Å². The minimum absolute atomic E-state index is 0.167. The molecule has 2 rings (SSSR count). The molecule has 1 aliphatic heterocycles. The van der Waals surface area contributed by atoms with Crippen LogP contribution in [0.2, 0.25) is 0 Å². The van der Waals surface area contributed by atoms with E-state index in [9.17, 15) is 0 Å². The van der Waals surface area contributed by atoms with Gasteiger partial charge in [0, 0.05) is 49.9 Å². The Labute approximate surface area is 143 Å². The van der Waals surface area contributed by atoms with Gasteiger partial charge in [-0.05, 0) is 33.1 Å². The van der Waals surface area contributed by atoms with Gasteiger partial charge >= 0.3 is 0 Å². The van der Waals surface area contributed by atoms with Gasteiger partial charge in [0.25, 0.3) is 0 Å². The number of rotatable bonds is 5. The van der Waals surface area contributed by atoms with Gasteiger partial charge in [-0.1, -0.05) is 0 Å². The zero-order valence-electron chi connectivity index (χ0n) is 14.6. The fourth-order valence-electron chi connectivity index (χ4n) is 2.33. The smallest absolute Gasteiger partial charge is 0.225 e. The number of hydrogen-bond acceptors (Lipinski definition) is 5. The summed E-state index contributed by atoms with van der Waals surface area (Å²) >= 11 is 1.85. The number of anilines is 1. The molecule has 0 atom stereocenters. The first-order valence-electron chi connectivity index (χ1n) is 8.16. The van der Waals surface area contributed by atoms with Crippen molar-refractivity contribution < 1.29 is 0 Å². The van der Waals surface area contributed by atoms with E-state index in [4.69, 9.17) is 4.99 Å². The standard InChI is InChI=1S/C16H28N6S/c1-5-17-14(20-13-16(2,3)23-4)21-9-11-22(12-10-21)15-18-7-6-8-19-15/h6-8H,5,9-13H2,1-4H3,(H,17,20). The Balaban J connectivity index is 1.96. The van der Waals surface area contributed by atoms with E-state index in [0.717, 1.165) is 51.2 Å². The van der Waals surface area contributed by atoms with Gasteiger partial charge in [0.2, 0.25) is 5.95 Å². The molecule has 128 valence electrons. The Kier molecular flexibility index (Phi) is 6.50. The summed E-state index contributed by atoms with van der Waals surface area (Å²) in [7, 11) is 0. The number of aliphatic imine (C=N–C) groups is 1. The topological polar surface area (TPSA) is 56.7 Å². The fraction of sp³-hybridized carbons (Fsp3) is 0.688. The Morgan fingerprint density at radius 3 is 2.48 bits per heavy atom. The summed E-state index contributed by atoms with van der Waals surface area (Å²) in [5.41, 5.74) is 0. The van der Waals surface area contributed by atoms with Crippen LogP contribution in [0.4, 0.5) is 5.95 Å². The number of nitrogens with zero attached hydrogens (tertiary/aromatic N) is 5. The van der Waals surface area contributed by atoms with Gasteiger partial charge in [-0.3, -0.25) is 4.99 Å². The molecular weight excluding hydrogens is 308 g/mol. The van der Waals surface area contributed by atoms with E-state index in [2.05, 4.69) is 52.1 Å². The minimum Gasteiger partial charge on any atom is -0.357 e. The summed E-state index contributed by atoms with van der Waals surface area (Å²) in [4.78, 5) is 18.1. The monoisotopic (exact) mass is 336 g/mol. The van der Waals surface area contributed by atoms with Crippen molar-refractivity contribution in [2.45, 2.75) is 25.5 Å². The van der Waals surface area contributed by atoms with Crippen LogP contribution in [0.5, 0.6) is 0 Å². The predicted octanol–water partition coefficient (Wildman–Crippen LogP) is 1.71. The van der Waals surface area contributed by atoms with Gasteiger partial charge in [0.15, 0.2) is 5.96 Å². The highest BCUT2D eigenvalue weighted by Gasteiger charge is 2.22. The van der Waals surface area contributed by atoms with E-state index in [-0.39, 0.29) is 4.75 Å². The Morgan fingerprint density at radius 1 is 1.26 bits per heavy atom. The van der Waals surface area contributed by atoms with Crippen LogP contribution in [0.1, 0.15) is 20.8 Å². The normalized spacial score (nSPS) is 16.6. The molecule has 1 N–H and O–H groups in total. The van der Waals surface area contributed by atoms with Crippen molar-refractivity contribution in [2.24, 2.45) is 4.99 Å². The van der Waals surface area contributed by atoms with Gasteiger partial charge in [0.1, 0.15) is 0 Å². The molecule has 23 heavy (non-hydrogen) atoms. The van der Waals surface area contributed by atoms with Gasteiger partial charge in [-0.25, -0.2) is 9.97 Å². The number of hydrogen-bond donors (Lipinski definition) is 1. The first kappa shape index (κ1) is 17.8. The molecule has 1 aliphatic rings. The van der Waals surface area contributed by atoms with Crippen molar-refractivity contribution in [1.82, 2.24) is 20.2 Å². The van der Waals surface area contributed by atoms with Crippen LogP contribution in [-0.2, 0) is 0 Å². The molecule has 0 aliphatic carbocycles. The molecule has 0 aromatic carbocycles. The zero-order chi connectivity index (χ0) is 16.7. The highest BCUT2D eigenvalue weighted by molar-refractivity contribution is 7.99. The van der Waals surface area contributed by atoms with Crippen molar-refractivity contribution >= 4 is 23.7 Å². The highest BCUT2D eigenvalue weighted by atomic mass is 32.2. The first-order valence-corrected chi connectivity index (χ1v) is 9.38. The summed E-state index contributed by atoms with van der Waals surface area (Å²) in [5.74, 6) is 1.83. The predicted molar refractivity (Wildman–Crippen MR) is 99.4 cm³/mol. The van der Waals surface area contributed by atoms with Crippen molar-refractivity contribution in [3.8, 4) is 0 Å². The Bertz CT molecular complexity index is 497. The third kappa shape index (κ3) is 5.27. The van der Waals surface area contributed by atoms with Gasteiger partial charge < -0.3 is 15.1 Å². The molecule has 0 unspecified atom stereocenters. The first-order chi connectivity index (χ1) is 11.1. The maximum absolute atomic E-state index is 4.84. The summed E-state index contributed by atoms with van der Waals surface area (Å²) < 4.78 is 0.167. The molecular formula is C16H28N6S. The number of guanidine groups is 1. The number of thioether (sulfide) groups is 1. The van der Waals surface area contributed by atoms with E-state index in [1.165, 1.54) is 0 Å². The number of aromatic nitrogens is 2. The summed E-state index contributed by atoms with van der Waals surface area (Å²) in [5, 5.41) is 3.42. The van der Waals surface area contributed by atoms with Crippen LogP contribution in [0, 0.1) is 0 Å². The van der Waals surface area contributed by atoms with E-state index in [1.54, 1.807) is 12.4 Å². The summed E-state index contributed by atoms with van der Waals surface area (Å²) in [6, 6.07) is 1.85. The lowest BCUT2D eigenvalue weighted by Crippen LogP contribution is -2.53.